The molecule has 8 aromatic rings. The Morgan fingerprint density at radius 2 is 0.515 bits per heavy atom. The van der Waals surface area contributed by atoms with E-state index in [1.165, 1.54) is 188 Å². The van der Waals surface area contributed by atoms with E-state index in [0.29, 0.717) is 52.9 Å². The highest BCUT2D eigenvalue weighted by Crippen LogP contribution is 2.45. The van der Waals surface area contributed by atoms with E-state index in [2.05, 4.69) is 151 Å². The lowest BCUT2D eigenvalue weighted by Gasteiger charge is -2.19. The molecule has 0 aliphatic carbocycles. The molecule has 0 unspecified atom stereocenters. The first-order valence-corrected chi connectivity index (χ1v) is 42.3. The lowest BCUT2D eigenvalue weighted by molar-refractivity contribution is 0.232. The van der Waals surface area contributed by atoms with E-state index in [9.17, 15) is 0 Å². The standard InChI is InChI=1S/C88H124N2O8S3/c1-7-13-19-25-31-37-57-91-77-63-69(64-78(92-58-38-32-26-20-14-8-2)87(77)95-61-41-35-29-23-17-11-5)67-97-73-47-43-71(44-48-73)81-53-55-83(99-81)75-51-52-76(86-85(75)89-101-90-86)84-56-54-82(100-84)72-45-49-74(50-46-72)98-68-70-65-79(93-59-39-33-27-21-15-9-3)88(96-62-42-36-30-24-18-12-6)80(66-70)94-60-40-34-28-22-16-10-4/h43-56,63-66H,7-42,57-62,67-68H2,1-6H3. The Labute approximate surface area is 621 Å². The topological polar surface area (TPSA) is 99.6 Å². The van der Waals surface area contributed by atoms with E-state index in [-0.39, 0.29) is 0 Å². The number of benzene rings is 5. The van der Waals surface area contributed by atoms with Gasteiger partial charge in [0.2, 0.25) is 11.5 Å². The fraction of sp³-hybridized carbons (Fsp3) is 0.568. The van der Waals surface area contributed by atoms with Crippen LogP contribution in [0.15, 0.2) is 109 Å². The van der Waals surface area contributed by atoms with Crippen molar-refractivity contribution in [2.75, 3.05) is 39.6 Å². The molecule has 13 heteroatoms. The monoisotopic (exact) mass is 1430 g/mol. The molecule has 5 aromatic carbocycles. The van der Waals surface area contributed by atoms with Crippen molar-refractivity contribution >= 4 is 45.4 Å². The predicted molar refractivity (Wildman–Crippen MR) is 430 cm³/mol. The van der Waals surface area contributed by atoms with Crippen LogP contribution in [0.4, 0.5) is 0 Å². The van der Waals surface area contributed by atoms with Crippen LogP contribution in [0, 0.1) is 0 Å². The third-order valence-electron chi connectivity index (χ3n) is 18.9. The Morgan fingerprint density at radius 3 is 0.802 bits per heavy atom. The zero-order chi connectivity index (χ0) is 70.6. The highest BCUT2D eigenvalue weighted by atomic mass is 32.1. The molecule has 0 fully saturated rings. The van der Waals surface area contributed by atoms with Crippen LogP contribution < -0.4 is 37.9 Å². The molecule has 0 aliphatic rings. The van der Waals surface area contributed by atoms with E-state index in [1.807, 2.05) is 0 Å². The molecule has 3 heterocycles. The minimum Gasteiger partial charge on any atom is -0.490 e. The Hall–Kier alpha value is -6.28. The fourth-order valence-electron chi connectivity index (χ4n) is 12.8. The first-order valence-electron chi connectivity index (χ1n) is 40.0. The number of hydrogen-bond donors (Lipinski definition) is 0. The van der Waals surface area contributed by atoms with Crippen molar-refractivity contribution < 1.29 is 37.9 Å². The molecule has 0 spiro atoms. The number of aromatic nitrogens is 2. The lowest BCUT2D eigenvalue weighted by Crippen LogP contribution is -2.08. The molecule has 552 valence electrons. The predicted octanol–water partition coefficient (Wildman–Crippen LogP) is 28.1. The maximum Gasteiger partial charge on any atom is 0.203 e. The number of hydrogen-bond acceptors (Lipinski definition) is 13. The Bertz CT molecular complexity index is 3180. The van der Waals surface area contributed by atoms with Crippen LogP contribution in [0.3, 0.4) is 0 Å². The van der Waals surface area contributed by atoms with Gasteiger partial charge in [0, 0.05) is 30.6 Å². The van der Waals surface area contributed by atoms with Crippen LogP contribution in [0.5, 0.6) is 46.0 Å². The molecule has 0 bridgehead atoms. The number of ether oxygens (including phenoxy) is 8. The van der Waals surface area contributed by atoms with Gasteiger partial charge < -0.3 is 37.9 Å². The first-order chi connectivity index (χ1) is 49.9. The Morgan fingerprint density at radius 1 is 0.257 bits per heavy atom. The third-order valence-corrected chi connectivity index (χ3v) is 21.8. The van der Waals surface area contributed by atoms with Gasteiger partial charge in [-0.05, 0) is 158 Å². The van der Waals surface area contributed by atoms with Crippen LogP contribution in [-0.4, -0.2) is 48.4 Å². The third kappa shape index (κ3) is 28.4. The summed E-state index contributed by atoms with van der Waals surface area (Å²) < 4.78 is 62.5. The van der Waals surface area contributed by atoms with Crippen molar-refractivity contribution in [3.63, 3.8) is 0 Å². The van der Waals surface area contributed by atoms with Crippen LogP contribution >= 0.6 is 34.4 Å². The quantitative estimate of drug-likeness (QED) is 0.0343. The molecule has 0 atom stereocenters. The highest BCUT2D eigenvalue weighted by Gasteiger charge is 2.21. The van der Waals surface area contributed by atoms with Gasteiger partial charge in [0.05, 0.1) is 51.4 Å². The number of rotatable bonds is 58. The molecule has 0 saturated carbocycles. The summed E-state index contributed by atoms with van der Waals surface area (Å²) in [6.07, 6.45) is 43.5. The number of fused-ring (bicyclic) bond motifs is 1. The second-order valence-electron chi connectivity index (χ2n) is 27.6. The number of thiophene rings is 2. The molecule has 0 saturated heterocycles. The molecule has 0 amide bonds. The van der Waals surface area contributed by atoms with Gasteiger partial charge in [-0.1, -0.05) is 246 Å². The summed E-state index contributed by atoms with van der Waals surface area (Å²) in [6.45, 7) is 18.3. The largest absolute Gasteiger partial charge is 0.490 e. The Balaban J connectivity index is 0.905. The van der Waals surface area contributed by atoms with Gasteiger partial charge >= 0.3 is 0 Å². The fourth-order valence-corrected chi connectivity index (χ4v) is 15.5. The normalized spacial score (nSPS) is 11.4. The highest BCUT2D eigenvalue weighted by molar-refractivity contribution is 7.19. The van der Waals surface area contributed by atoms with Crippen molar-refractivity contribution in [1.82, 2.24) is 8.75 Å². The zero-order valence-electron chi connectivity index (χ0n) is 62.9. The molecule has 0 radical (unpaired) electrons. The SMILES string of the molecule is CCCCCCCCOc1cc(COc2ccc(-c3ccc(-c4ccc(-c5ccc(-c6ccc(OCc7cc(OCCCCCCCC)c(OCCCCCCCC)c(OCCCCCCCC)c7)cc6)s5)c5nsnc45)s3)cc2)cc(OCCCCCCCC)c1OCCCCCCCC. The summed E-state index contributed by atoms with van der Waals surface area (Å²) in [4.78, 5) is 4.66. The summed E-state index contributed by atoms with van der Waals surface area (Å²) in [6, 6.07) is 38.7. The van der Waals surface area contributed by atoms with E-state index >= 15 is 0 Å². The number of nitrogens with zero attached hydrogens (tertiary/aromatic N) is 2. The van der Waals surface area contributed by atoms with Gasteiger partial charge in [0.1, 0.15) is 35.7 Å². The summed E-state index contributed by atoms with van der Waals surface area (Å²) >= 11 is 4.81. The molecule has 8 rings (SSSR count). The van der Waals surface area contributed by atoms with E-state index in [4.69, 9.17) is 46.6 Å². The van der Waals surface area contributed by atoms with Gasteiger partial charge in [-0.15, -0.1) is 22.7 Å². The first kappa shape index (κ1) is 80.4. The molecule has 0 aliphatic heterocycles. The molecular formula is C88H124N2O8S3. The van der Waals surface area contributed by atoms with Gasteiger partial charge in [0.25, 0.3) is 0 Å². The van der Waals surface area contributed by atoms with E-state index in [0.717, 1.165) is 164 Å². The summed E-state index contributed by atoms with van der Waals surface area (Å²) in [5.74, 6) is 6.12. The summed E-state index contributed by atoms with van der Waals surface area (Å²) in [5.41, 5.74) is 8.30. The minimum atomic E-state index is 0.380. The van der Waals surface area contributed by atoms with E-state index in [1.54, 1.807) is 22.7 Å². The van der Waals surface area contributed by atoms with Gasteiger partial charge in [-0.25, -0.2) is 0 Å². The molecule has 10 nitrogen and oxygen atoms in total. The Kier molecular flexibility index (Phi) is 38.7. The maximum atomic E-state index is 6.61. The zero-order valence-corrected chi connectivity index (χ0v) is 65.3. The lowest BCUT2D eigenvalue weighted by atomic mass is 10.1. The minimum absolute atomic E-state index is 0.380. The van der Waals surface area contributed by atoms with Crippen molar-refractivity contribution in [3.8, 4) is 87.8 Å². The van der Waals surface area contributed by atoms with Crippen LogP contribution in [0.25, 0.3) is 52.8 Å². The molecule has 3 aromatic heterocycles. The number of unbranched alkanes of at least 4 members (excludes halogenated alkanes) is 30. The maximum absolute atomic E-state index is 6.61. The van der Waals surface area contributed by atoms with Crippen molar-refractivity contribution in [3.05, 3.63) is 120 Å². The van der Waals surface area contributed by atoms with Crippen molar-refractivity contribution in [2.24, 2.45) is 0 Å². The summed E-state index contributed by atoms with van der Waals surface area (Å²) in [7, 11) is 0. The van der Waals surface area contributed by atoms with Gasteiger partial charge in [0.15, 0.2) is 23.0 Å². The molecule has 101 heavy (non-hydrogen) atoms. The van der Waals surface area contributed by atoms with Gasteiger partial charge in [-0.3, -0.25) is 0 Å². The molecular weight excluding hydrogens is 1310 g/mol. The summed E-state index contributed by atoms with van der Waals surface area (Å²) in [5, 5.41) is 0. The average molecular weight is 1430 g/mol. The second kappa shape index (κ2) is 48.6. The molecule has 0 N–H and O–H groups in total. The van der Waals surface area contributed by atoms with E-state index < -0.39 is 0 Å². The van der Waals surface area contributed by atoms with Gasteiger partial charge in [-0.2, -0.15) is 8.75 Å². The average Bonchev–Trinajstić information content (AvgIpc) is 1.65. The van der Waals surface area contributed by atoms with Crippen molar-refractivity contribution in [2.45, 2.75) is 286 Å². The van der Waals surface area contributed by atoms with Crippen LogP contribution in [0.1, 0.15) is 284 Å². The second-order valence-corrected chi connectivity index (χ2v) is 30.3. The van der Waals surface area contributed by atoms with Crippen molar-refractivity contribution in [1.29, 1.82) is 0 Å². The van der Waals surface area contributed by atoms with Crippen LogP contribution in [0.2, 0.25) is 0 Å². The smallest absolute Gasteiger partial charge is 0.203 e. The van der Waals surface area contributed by atoms with Crippen LogP contribution in [-0.2, 0) is 13.2 Å².